The summed E-state index contributed by atoms with van der Waals surface area (Å²) in [6.07, 6.45) is 1.07. The summed E-state index contributed by atoms with van der Waals surface area (Å²) in [5, 5.41) is -0.170. The number of sulfone groups is 1. The number of hydrogen-bond donors (Lipinski definition) is 1. The molecule has 13 heteroatoms. The third-order valence-corrected chi connectivity index (χ3v) is 11.8. The first-order valence-corrected chi connectivity index (χ1v) is 16.6. The summed E-state index contributed by atoms with van der Waals surface area (Å²) in [6.45, 7) is 4.07. The van der Waals surface area contributed by atoms with E-state index in [-0.39, 0.29) is 47.8 Å². The maximum Gasteiger partial charge on any atom is 0.260 e. The van der Waals surface area contributed by atoms with E-state index in [1.165, 1.54) is 27.1 Å². The summed E-state index contributed by atoms with van der Waals surface area (Å²) in [7, 11) is -12.3. The molecule has 2 unspecified atom stereocenters. The van der Waals surface area contributed by atoms with Gasteiger partial charge in [0.05, 0.1) is 11.8 Å². The third-order valence-electron chi connectivity index (χ3n) is 7.24. The molecule has 200 valence electrons. The maximum atomic E-state index is 14.7. The Morgan fingerprint density at radius 3 is 2.14 bits per heavy atom. The van der Waals surface area contributed by atoms with Gasteiger partial charge in [-0.15, -0.1) is 0 Å². The van der Waals surface area contributed by atoms with Gasteiger partial charge in [0, 0.05) is 31.1 Å². The second kappa shape index (κ2) is 8.87. The number of nitrogens with one attached hydrogen (secondary N) is 1. The highest BCUT2D eigenvalue weighted by atomic mass is 32.2. The zero-order chi connectivity index (χ0) is 26.9. The lowest BCUT2D eigenvalue weighted by Gasteiger charge is -2.23. The van der Waals surface area contributed by atoms with E-state index in [1.807, 2.05) is 0 Å². The quantitative estimate of drug-likeness (QED) is 0.445. The number of benzene rings is 2. The number of hydrogen-bond acceptors (Lipinski definition) is 6. The van der Waals surface area contributed by atoms with E-state index in [0.29, 0.717) is 5.52 Å². The van der Waals surface area contributed by atoms with E-state index in [2.05, 4.69) is 4.72 Å². The number of halogens is 1. The zero-order valence-corrected chi connectivity index (χ0v) is 22.9. The number of para-hydroxylation sites is 1. The van der Waals surface area contributed by atoms with Crippen molar-refractivity contribution < 1.29 is 29.6 Å². The summed E-state index contributed by atoms with van der Waals surface area (Å²) in [6, 6.07) is 11.0. The van der Waals surface area contributed by atoms with Crippen molar-refractivity contribution in [1.29, 1.82) is 0 Å². The Balaban J connectivity index is 1.63. The van der Waals surface area contributed by atoms with Gasteiger partial charge in [0.2, 0.25) is 19.9 Å². The summed E-state index contributed by atoms with van der Waals surface area (Å²) in [5.41, 5.74) is 0.422. The van der Waals surface area contributed by atoms with Crippen molar-refractivity contribution in [3.63, 3.8) is 0 Å². The van der Waals surface area contributed by atoms with E-state index in [9.17, 15) is 29.6 Å². The van der Waals surface area contributed by atoms with Gasteiger partial charge in [-0.05, 0) is 49.8 Å². The molecule has 0 radical (unpaired) electrons. The molecule has 5 rings (SSSR count). The molecule has 1 aliphatic carbocycles. The molecule has 0 spiro atoms. The van der Waals surface area contributed by atoms with Crippen molar-refractivity contribution in [3.8, 4) is 0 Å². The summed E-state index contributed by atoms with van der Waals surface area (Å²) >= 11 is 0. The topological polar surface area (TPSA) is 123 Å². The van der Waals surface area contributed by atoms with Crippen molar-refractivity contribution in [2.75, 3.05) is 25.9 Å². The van der Waals surface area contributed by atoms with Gasteiger partial charge in [-0.1, -0.05) is 30.3 Å². The third kappa shape index (κ3) is 4.40. The lowest BCUT2D eigenvalue weighted by molar-refractivity contribution is 0.401. The minimum atomic E-state index is -4.57. The molecule has 0 bridgehead atoms. The molecule has 1 aromatic heterocycles. The first-order valence-electron chi connectivity index (χ1n) is 11.8. The predicted octanol–water partition coefficient (Wildman–Crippen LogP) is 2.61. The molecule has 2 aliphatic rings. The molecular weight excluding hydrogens is 541 g/mol. The summed E-state index contributed by atoms with van der Waals surface area (Å²) < 4.78 is 98.9. The fraction of sp³-hybridized carbons (Fsp3) is 0.417. The van der Waals surface area contributed by atoms with Crippen molar-refractivity contribution >= 4 is 40.8 Å². The molecule has 0 amide bonds. The summed E-state index contributed by atoms with van der Waals surface area (Å²) in [5.74, 6) is -0.977. The van der Waals surface area contributed by atoms with Crippen LogP contribution in [0.1, 0.15) is 19.9 Å². The fourth-order valence-corrected chi connectivity index (χ4v) is 10.1. The average Bonchev–Trinajstić information content (AvgIpc) is 3.14. The molecule has 2 heterocycles. The Hall–Kier alpha value is -2.32. The van der Waals surface area contributed by atoms with Crippen molar-refractivity contribution in [3.05, 3.63) is 54.3 Å². The van der Waals surface area contributed by atoms with Gasteiger partial charge in [0.25, 0.3) is 10.0 Å². The molecule has 9 nitrogen and oxygen atoms in total. The fourth-order valence-electron chi connectivity index (χ4n) is 5.48. The second-order valence-corrected chi connectivity index (χ2v) is 15.5. The predicted molar refractivity (Wildman–Crippen MR) is 136 cm³/mol. The Morgan fingerprint density at radius 2 is 1.54 bits per heavy atom. The molecule has 1 aliphatic heterocycles. The highest BCUT2D eigenvalue weighted by Gasteiger charge is 2.58. The van der Waals surface area contributed by atoms with Crippen LogP contribution in [0.2, 0.25) is 0 Å². The second-order valence-electron chi connectivity index (χ2n) is 9.98. The Kier molecular flexibility index (Phi) is 6.30. The van der Waals surface area contributed by atoms with Crippen molar-refractivity contribution in [2.24, 2.45) is 17.8 Å². The number of sulfonamides is 2. The van der Waals surface area contributed by atoms with Crippen LogP contribution >= 0.6 is 0 Å². The molecule has 1 saturated heterocycles. The van der Waals surface area contributed by atoms with Crippen LogP contribution in [0.4, 0.5) is 4.39 Å². The number of aromatic nitrogens is 1. The van der Waals surface area contributed by atoms with Gasteiger partial charge in [-0.3, -0.25) is 0 Å². The van der Waals surface area contributed by atoms with E-state index in [0.717, 1.165) is 18.4 Å². The monoisotopic (exact) mass is 569 g/mol. The van der Waals surface area contributed by atoms with Gasteiger partial charge in [-0.2, -0.15) is 4.31 Å². The first-order chi connectivity index (χ1) is 17.2. The van der Waals surface area contributed by atoms with Crippen LogP contribution in [0, 0.1) is 23.6 Å². The number of fused-ring (bicyclic) bond motifs is 2. The van der Waals surface area contributed by atoms with E-state index in [4.69, 9.17) is 0 Å². The largest absolute Gasteiger partial charge is 0.327 e. The van der Waals surface area contributed by atoms with E-state index < -0.39 is 51.5 Å². The van der Waals surface area contributed by atoms with Gasteiger partial charge in [0.1, 0.15) is 15.6 Å². The molecule has 1 N–H and O–H groups in total. The van der Waals surface area contributed by atoms with Gasteiger partial charge in [-0.25, -0.2) is 34.4 Å². The molecule has 2 aromatic carbocycles. The molecule has 2 atom stereocenters. The van der Waals surface area contributed by atoms with Gasteiger partial charge in [0.15, 0.2) is 5.03 Å². The Labute approximate surface area is 216 Å². The number of nitrogens with zero attached hydrogens (tertiary/aromatic N) is 2. The molecule has 37 heavy (non-hydrogen) atoms. The average molecular weight is 570 g/mol. The van der Waals surface area contributed by atoms with Crippen LogP contribution in [0.15, 0.2) is 63.3 Å². The minimum Gasteiger partial charge on any atom is -0.327 e. The zero-order valence-electron chi connectivity index (χ0n) is 20.5. The smallest absolute Gasteiger partial charge is 0.260 e. The Morgan fingerprint density at radius 1 is 0.946 bits per heavy atom. The standard InChI is InChI=1S/C24H28FN3O6S3/c1-15(2)28-21-10-6-4-8-16(21)23(36(31,32)22-11-7-5-9-20(22)25)24(28)37(33,34)27-13-18-17(19(18)14-27)12-26-35(3,29)30/h4-11,15,17-19,26H,12-14H2,1-3H3. The minimum absolute atomic E-state index is 0.0208. The van der Waals surface area contributed by atoms with Crippen LogP contribution in [0.25, 0.3) is 10.9 Å². The van der Waals surface area contributed by atoms with Gasteiger partial charge < -0.3 is 4.57 Å². The van der Waals surface area contributed by atoms with Crippen LogP contribution in [-0.2, 0) is 29.9 Å². The molecule has 3 aromatic rings. The molecule has 2 fully saturated rings. The van der Waals surface area contributed by atoms with Crippen LogP contribution in [0.3, 0.4) is 0 Å². The van der Waals surface area contributed by atoms with Crippen LogP contribution in [0.5, 0.6) is 0 Å². The van der Waals surface area contributed by atoms with Crippen molar-refractivity contribution in [1.82, 2.24) is 13.6 Å². The number of piperidine rings is 1. The maximum absolute atomic E-state index is 14.7. The molecule has 1 saturated carbocycles. The van der Waals surface area contributed by atoms with Crippen LogP contribution in [-0.4, -0.2) is 60.0 Å². The summed E-state index contributed by atoms with van der Waals surface area (Å²) in [4.78, 5) is -1.02. The van der Waals surface area contributed by atoms with Crippen molar-refractivity contribution in [2.45, 2.75) is 34.7 Å². The van der Waals surface area contributed by atoms with Crippen LogP contribution < -0.4 is 4.72 Å². The lowest BCUT2D eigenvalue weighted by Crippen LogP contribution is -2.35. The number of rotatable bonds is 8. The normalized spacial score (nSPS) is 22.6. The first kappa shape index (κ1) is 26.3. The SMILES string of the molecule is CC(C)n1c(S(=O)(=O)N2CC3C(CNS(C)(=O)=O)C3C2)c(S(=O)(=O)c2ccccc2F)c2ccccc21. The Bertz CT molecular complexity index is 1700. The van der Waals surface area contributed by atoms with Gasteiger partial charge >= 0.3 is 0 Å². The van der Waals surface area contributed by atoms with E-state index in [1.54, 1.807) is 32.0 Å². The van der Waals surface area contributed by atoms with E-state index >= 15 is 0 Å². The highest BCUT2D eigenvalue weighted by Crippen LogP contribution is 2.53. The highest BCUT2D eigenvalue weighted by molar-refractivity contribution is 7.93. The lowest BCUT2D eigenvalue weighted by atomic mass is 10.2. The molecular formula is C24H28FN3O6S3.